The van der Waals surface area contributed by atoms with E-state index in [1.165, 1.54) is 17.7 Å². The number of nitrogens with two attached hydrogens (primary N) is 1. The summed E-state index contributed by atoms with van der Waals surface area (Å²) in [7, 11) is -3.84. The highest BCUT2D eigenvalue weighted by Gasteiger charge is 2.19. The number of hydrogen-bond acceptors (Lipinski definition) is 5. The Balaban J connectivity index is 1.82. The average molecular weight is 409 g/mol. The minimum Gasteiger partial charge on any atom is -0.322 e. The average Bonchev–Trinajstić information content (AvgIpc) is 3.12. The first-order valence-electron chi connectivity index (χ1n) is 8.04. The molecule has 2 aromatic rings. The molecule has 3 rings (SSSR count). The summed E-state index contributed by atoms with van der Waals surface area (Å²) < 4.78 is 23.7. The van der Waals surface area contributed by atoms with Gasteiger partial charge in [0.1, 0.15) is 0 Å². The molecule has 0 aromatic heterocycles. The van der Waals surface area contributed by atoms with Crippen LogP contribution in [0.25, 0.3) is 0 Å². The zero-order valence-corrected chi connectivity index (χ0v) is 16.9. The van der Waals surface area contributed by atoms with Crippen molar-refractivity contribution in [2.75, 3.05) is 16.8 Å². The van der Waals surface area contributed by atoms with Gasteiger partial charge >= 0.3 is 0 Å². The maximum atomic E-state index is 12.6. The Labute approximate surface area is 162 Å². The Kier molecular flexibility index (Phi) is 5.67. The fraction of sp³-hybridized carbons (Fsp3) is 0.278. The molecule has 8 heteroatoms. The van der Waals surface area contributed by atoms with Crippen LogP contribution in [-0.4, -0.2) is 25.8 Å². The van der Waals surface area contributed by atoms with Crippen LogP contribution in [0.15, 0.2) is 41.3 Å². The lowest BCUT2D eigenvalue weighted by Gasteiger charge is -2.13. The molecule has 1 heterocycles. The van der Waals surface area contributed by atoms with Crippen LogP contribution in [-0.2, 0) is 10.0 Å². The summed E-state index contributed by atoms with van der Waals surface area (Å²) in [5.74, 6) is 2.02. The number of carbonyl (C=O) groups is 1. The fourth-order valence-electron chi connectivity index (χ4n) is 2.66. The predicted octanol–water partition coefficient (Wildman–Crippen LogP) is 3.68. The van der Waals surface area contributed by atoms with Crippen LogP contribution in [0.3, 0.4) is 0 Å². The van der Waals surface area contributed by atoms with Gasteiger partial charge in [0.15, 0.2) is 0 Å². The lowest BCUT2D eigenvalue weighted by molar-refractivity contribution is 0.102. The van der Waals surface area contributed by atoms with Crippen molar-refractivity contribution in [2.24, 2.45) is 5.14 Å². The van der Waals surface area contributed by atoms with Crippen molar-refractivity contribution in [3.63, 3.8) is 0 Å². The number of rotatable bonds is 4. The highest BCUT2D eigenvalue weighted by molar-refractivity contribution is 8.19. The van der Waals surface area contributed by atoms with Gasteiger partial charge in [-0.25, -0.2) is 13.6 Å². The molecule has 1 aliphatic heterocycles. The molecule has 1 aliphatic rings. The summed E-state index contributed by atoms with van der Waals surface area (Å²) in [5, 5.41) is 8.02. The molecule has 5 nitrogen and oxygen atoms in total. The molecule has 0 bridgehead atoms. The van der Waals surface area contributed by atoms with E-state index in [0.717, 1.165) is 22.6 Å². The van der Waals surface area contributed by atoms with Gasteiger partial charge in [0.25, 0.3) is 5.91 Å². The van der Waals surface area contributed by atoms with Crippen molar-refractivity contribution in [3.8, 4) is 0 Å². The standard InChI is InChI=1S/C18H20N2O3S3/c1-11-9-15(26(19,22)23)10-16(12(11)2)20-17(21)13-3-5-14(6-4-13)18-24-7-8-25-18/h3-6,9-10,18H,7-8H2,1-2H3,(H,20,21)(H2,19,22,23). The van der Waals surface area contributed by atoms with Crippen LogP contribution in [0.4, 0.5) is 5.69 Å². The second-order valence-corrected chi connectivity index (χ2v) is 10.4. The van der Waals surface area contributed by atoms with Gasteiger partial charge in [0, 0.05) is 22.8 Å². The number of thioether (sulfide) groups is 2. The van der Waals surface area contributed by atoms with E-state index in [1.54, 1.807) is 19.1 Å². The van der Waals surface area contributed by atoms with Crippen molar-refractivity contribution >= 4 is 45.1 Å². The number of benzene rings is 2. The number of aryl methyl sites for hydroxylation is 1. The van der Waals surface area contributed by atoms with E-state index in [4.69, 9.17) is 5.14 Å². The van der Waals surface area contributed by atoms with E-state index < -0.39 is 10.0 Å². The van der Waals surface area contributed by atoms with E-state index in [-0.39, 0.29) is 10.8 Å². The van der Waals surface area contributed by atoms with Crippen LogP contribution in [0, 0.1) is 13.8 Å². The van der Waals surface area contributed by atoms with Gasteiger partial charge in [-0.1, -0.05) is 12.1 Å². The molecule has 0 saturated carbocycles. The summed E-state index contributed by atoms with van der Waals surface area (Å²) in [5.41, 5.74) is 3.74. The third-order valence-corrected chi connectivity index (χ3v) is 8.28. The van der Waals surface area contributed by atoms with Gasteiger partial charge in [0.2, 0.25) is 10.0 Å². The van der Waals surface area contributed by atoms with Gasteiger partial charge in [-0.2, -0.15) is 0 Å². The highest BCUT2D eigenvalue weighted by atomic mass is 32.2. The second kappa shape index (κ2) is 7.64. The quantitative estimate of drug-likeness (QED) is 0.805. The van der Waals surface area contributed by atoms with E-state index in [1.807, 2.05) is 42.6 Å². The minimum atomic E-state index is -3.84. The summed E-state index contributed by atoms with van der Waals surface area (Å²) in [6.45, 7) is 3.61. The molecule has 3 N–H and O–H groups in total. The summed E-state index contributed by atoms with van der Waals surface area (Å²) >= 11 is 3.83. The van der Waals surface area contributed by atoms with Crippen molar-refractivity contribution in [2.45, 2.75) is 23.3 Å². The topological polar surface area (TPSA) is 89.3 Å². The molecule has 1 saturated heterocycles. The Hall–Kier alpha value is -1.48. The van der Waals surface area contributed by atoms with Gasteiger partial charge in [-0.15, -0.1) is 23.5 Å². The minimum absolute atomic E-state index is 0.0125. The maximum absolute atomic E-state index is 12.6. The number of anilines is 1. The highest BCUT2D eigenvalue weighted by Crippen LogP contribution is 2.45. The van der Waals surface area contributed by atoms with E-state index in [9.17, 15) is 13.2 Å². The molecular weight excluding hydrogens is 388 g/mol. The molecule has 2 aromatic carbocycles. The number of hydrogen-bond donors (Lipinski definition) is 2. The molecule has 0 radical (unpaired) electrons. The normalized spacial score (nSPS) is 15.2. The molecule has 0 spiro atoms. The Morgan fingerprint density at radius 1 is 1.12 bits per heavy atom. The first-order chi connectivity index (χ1) is 12.3. The third-order valence-electron chi connectivity index (χ3n) is 4.28. The second-order valence-electron chi connectivity index (χ2n) is 6.11. The Bertz CT molecular complexity index is 935. The number of sulfonamides is 1. The molecule has 1 amide bonds. The molecule has 1 fully saturated rings. The molecule has 26 heavy (non-hydrogen) atoms. The van der Waals surface area contributed by atoms with E-state index in [2.05, 4.69) is 5.32 Å². The van der Waals surface area contributed by atoms with Crippen LogP contribution in [0.1, 0.15) is 31.6 Å². The summed E-state index contributed by atoms with van der Waals surface area (Å²) in [6.07, 6.45) is 0. The van der Waals surface area contributed by atoms with Crippen molar-refractivity contribution in [1.82, 2.24) is 0 Å². The molecule has 0 atom stereocenters. The van der Waals surface area contributed by atoms with Gasteiger partial charge in [-0.05, 0) is 54.8 Å². The number of primary sulfonamides is 1. The van der Waals surface area contributed by atoms with E-state index in [0.29, 0.717) is 15.8 Å². The van der Waals surface area contributed by atoms with Crippen LogP contribution >= 0.6 is 23.5 Å². The van der Waals surface area contributed by atoms with Crippen LogP contribution < -0.4 is 10.5 Å². The summed E-state index contributed by atoms with van der Waals surface area (Å²) in [6, 6.07) is 10.5. The number of nitrogens with one attached hydrogen (secondary N) is 1. The zero-order valence-electron chi connectivity index (χ0n) is 14.5. The van der Waals surface area contributed by atoms with E-state index >= 15 is 0 Å². The van der Waals surface area contributed by atoms with Crippen molar-refractivity contribution in [3.05, 3.63) is 58.7 Å². The Morgan fingerprint density at radius 2 is 1.73 bits per heavy atom. The molecule has 0 unspecified atom stereocenters. The fourth-order valence-corrected chi connectivity index (χ4v) is 6.14. The largest absolute Gasteiger partial charge is 0.322 e. The van der Waals surface area contributed by atoms with Crippen molar-refractivity contribution < 1.29 is 13.2 Å². The van der Waals surface area contributed by atoms with Crippen molar-refractivity contribution in [1.29, 1.82) is 0 Å². The summed E-state index contributed by atoms with van der Waals surface area (Å²) in [4.78, 5) is 12.6. The first kappa shape index (κ1) is 19.3. The van der Waals surface area contributed by atoms with Gasteiger partial charge in [-0.3, -0.25) is 4.79 Å². The van der Waals surface area contributed by atoms with Gasteiger partial charge in [0.05, 0.1) is 9.48 Å². The lowest BCUT2D eigenvalue weighted by Crippen LogP contribution is -2.16. The number of carbonyl (C=O) groups excluding carboxylic acids is 1. The number of amides is 1. The molecule has 138 valence electrons. The van der Waals surface area contributed by atoms with Crippen LogP contribution in [0.2, 0.25) is 0 Å². The zero-order chi connectivity index (χ0) is 18.9. The maximum Gasteiger partial charge on any atom is 0.255 e. The molecular formula is C18H20N2O3S3. The monoisotopic (exact) mass is 408 g/mol. The molecule has 0 aliphatic carbocycles. The van der Waals surface area contributed by atoms with Gasteiger partial charge < -0.3 is 5.32 Å². The first-order valence-corrected chi connectivity index (χ1v) is 11.7. The SMILES string of the molecule is Cc1cc(S(N)(=O)=O)cc(NC(=O)c2ccc(C3SCCS3)cc2)c1C. The predicted molar refractivity (Wildman–Crippen MR) is 109 cm³/mol. The smallest absolute Gasteiger partial charge is 0.255 e. The third kappa shape index (κ3) is 4.25. The Morgan fingerprint density at radius 3 is 2.31 bits per heavy atom. The lowest BCUT2D eigenvalue weighted by atomic mass is 10.1. The van der Waals surface area contributed by atoms with Crippen LogP contribution in [0.5, 0.6) is 0 Å².